The molecule has 0 N–H and O–H groups in total. The molecular weight excluding hydrogens is 264 g/mol. The topological polar surface area (TPSA) is 43.4 Å². The summed E-state index contributed by atoms with van der Waals surface area (Å²) in [6.45, 7) is 0. The molecule has 1 atom stereocenters. The lowest BCUT2D eigenvalue weighted by Gasteiger charge is -2.12. The number of benzene rings is 2. The fourth-order valence-electron chi connectivity index (χ4n) is 1.55. The average Bonchev–Trinajstić information content (AvgIpc) is 2.48. The number of alkyl halides is 1. The average molecular weight is 274 g/mol. The Balaban J connectivity index is 2.15. The van der Waals surface area contributed by atoms with Gasteiger partial charge in [-0.2, -0.15) is 0 Å². The number of halogens is 1. The fourth-order valence-corrected chi connectivity index (χ4v) is 1.77. The summed E-state index contributed by atoms with van der Waals surface area (Å²) in [6.07, 6.45) is 1.73. The van der Waals surface area contributed by atoms with E-state index in [2.05, 4.69) is 0 Å². The first kappa shape index (κ1) is 13.3. The van der Waals surface area contributed by atoms with Gasteiger partial charge in [0.1, 0.15) is 5.75 Å². The molecule has 2 rings (SSSR count). The zero-order valence-corrected chi connectivity index (χ0v) is 10.6. The number of carbonyl (C=O) groups is 1. The van der Waals surface area contributed by atoms with Crippen molar-refractivity contribution in [1.82, 2.24) is 0 Å². The lowest BCUT2D eigenvalue weighted by molar-refractivity contribution is 0.0884. The largest absolute Gasteiger partial charge is 0.466 e. The minimum absolute atomic E-state index is 0.231. The molecule has 0 aliphatic heterocycles. The minimum Gasteiger partial charge on any atom is -0.466 e. The molecule has 95 valence electrons. The number of para-hydroxylation sites is 1. The van der Waals surface area contributed by atoms with Crippen LogP contribution < -0.4 is 4.74 Å². The minimum atomic E-state index is -1.18. The number of ether oxygens (including phenoxy) is 1. The Bertz CT molecular complexity index is 581. The first-order valence-corrected chi connectivity index (χ1v) is 6.03. The van der Waals surface area contributed by atoms with Crippen LogP contribution in [-0.4, -0.2) is 17.6 Å². The summed E-state index contributed by atoms with van der Waals surface area (Å²) in [6, 6.07) is 15.1. The van der Waals surface area contributed by atoms with Gasteiger partial charge in [0.05, 0.1) is 5.56 Å². The Hall–Kier alpha value is -2.13. The molecule has 3 nitrogen and oxygen atoms in total. The van der Waals surface area contributed by atoms with Crippen molar-refractivity contribution in [1.29, 1.82) is 0 Å². The smallest absolute Gasteiger partial charge is 0.237 e. The molecule has 1 unspecified atom stereocenters. The molecule has 2 aromatic rings. The standard InChI is InChI=1S/C15H10ClO3/c16-15(14(18)11-6-2-1-3-7-11)19-13-9-5-4-8-12(13)10-17/h1-9,15H. The van der Waals surface area contributed by atoms with E-state index in [1.165, 1.54) is 0 Å². The monoisotopic (exact) mass is 273 g/mol. The normalized spacial score (nSPS) is 11.6. The summed E-state index contributed by atoms with van der Waals surface area (Å²) < 4.78 is 5.31. The second-order valence-corrected chi connectivity index (χ2v) is 4.16. The summed E-state index contributed by atoms with van der Waals surface area (Å²) in [7, 11) is 0. The Morgan fingerprint density at radius 2 is 1.68 bits per heavy atom. The SMILES string of the molecule is O=[C]c1ccccc1OC(Cl)C(=O)c1ccccc1. The van der Waals surface area contributed by atoms with Crippen molar-refractivity contribution in [2.75, 3.05) is 0 Å². The predicted octanol–water partition coefficient (Wildman–Crippen LogP) is 2.97. The molecular formula is C15H10ClO3. The zero-order chi connectivity index (χ0) is 13.7. The van der Waals surface area contributed by atoms with Crippen molar-refractivity contribution in [3.63, 3.8) is 0 Å². The van der Waals surface area contributed by atoms with Gasteiger partial charge in [-0.1, -0.05) is 54.1 Å². The van der Waals surface area contributed by atoms with Crippen LogP contribution in [0.2, 0.25) is 0 Å². The van der Waals surface area contributed by atoms with Crippen LogP contribution in [0.3, 0.4) is 0 Å². The summed E-state index contributed by atoms with van der Waals surface area (Å²) in [4.78, 5) is 22.7. The van der Waals surface area contributed by atoms with E-state index in [1.807, 2.05) is 0 Å². The summed E-state index contributed by atoms with van der Waals surface area (Å²) >= 11 is 5.93. The molecule has 0 bridgehead atoms. The van der Waals surface area contributed by atoms with Crippen LogP contribution in [0.1, 0.15) is 15.9 Å². The molecule has 0 aromatic heterocycles. The molecule has 4 heteroatoms. The van der Waals surface area contributed by atoms with Gasteiger partial charge in [0.15, 0.2) is 0 Å². The van der Waals surface area contributed by atoms with Crippen molar-refractivity contribution < 1.29 is 14.3 Å². The molecule has 0 saturated heterocycles. The number of hydrogen-bond acceptors (Lipinski definition) is 3. The quantitative estimate of drug-likeness (QED) is 0.621. The van der Waals surface area contributed by atoms with Gasteiger partial charge in [-0.05, 0) is 12.1 Å². The summed E-state index contributed by atoms with van der Waals surface area (Å²) in [5, 5.41) is 0. The first-order valence-electron chi connectivity index (χ1n) is 5.59. The summed E-state index contributed by atoms with van der Waals surface area (Å²) in [5.74, 6) is -0.121. The van der Waals surface area contributed by atoms with E-state index in [4.69, 9.17) is 16.3 Å². The van der Waals surface area contributed by atoms with E-state index in [9.17, 15) is 9.59 Å². The maximum atomic E-state index is 12.0. The zero-order valence-electron chi connectivity index (χ0n) is 9.88. The van der Waals surface area contributed by atoms with Gasteiger partial charge in [-0.25, -0.2) is 0 Å². The molecule has 19 heavy (non-hydrogen) atoms. The Morgan fingerprint density at radius 3 is 2.37 bits per heavy atom. The molecule has 0 aliphatic carbocycles. The van der Waals surface area contributed by atoms with Crippen molar-refractivity contribution in [3.05, 3.63) is 65.7 Å². The number of ketones is 1. The Kier molecular flexibility index (Phi) is 4.31. The molecule has 0 amide bonds. The van der Waals surface area contributed by atoms with Crippen LogP contribution in [0, 0.1) is 0 Å². The van der Waals surface area contributed by atoms with Crippen LogP contribution in [0.25, 0.3) is 0 Å². The number of rotatable bonds is 5. The highest BCUT2D eigenvalue weighted by Gasteiger charge is 2.19. The maximum absolute atomic E-state index is 12.0. The maximum Gasteiger partial charge on any atom is 0.237 e. The van der Waals surface area contributed by atoms with Gasteiger partial charge < -0.3 is 4.74 Å². The number of hydrogen-bond donors (Lipinski definition) is 0. The van der Waals surface area contributed by atoms with Gasteiger partial charge in [-0.15, -0.1) is 0 Å². The van der Waals surface area contributed by atoms with E-state index in [1.54, 1.807) is 60.9 Å². The highest BCUT2D eigenvalue weighted by atomic mass is 35.5. The van der Waals surface area contributed by atoms with E-state index >= 15 is 0 Å². The van der Waals surface area contributed by atoms with Crippen LogP contribution in [0.15, 0.2) is 54.6 Å². The molecule has 0 fully saturated rings. The van der Waals surface area contributed by atoms with Crippen molar-refractivity contribution >= 4 is 23.7 Å². The van der Waals surface area contributed by atoms with Crippen LogP contribution in [0.5, 0.6) is 5.75 Å². The van der Waals surface area contributed by atoms with Crippen LogP contribution in [0.4, 0.5) is 0 Å². The molecule has 0 saturated carbocycles. The van der Waals surface area contributed by atoms with Crippen LogP contribution >= 0.6 is 11.6 Å². The molecule has 0 spiro atoms. The Labute approximate surface area is 115 Å². The third-order valence-electron chi connectivity index (χ3n) is 2.49. The highest BCUT2D eigenvalue weighted by molar-refractivity contribution is 6.33. The molecule has 1 radical (unpaired) electrons. The highest BCUT2D eigenvalue weighted by Crippen LogP contribution is 2.20. The third-order valence-corrected chi connectivity index (χ3v) is 2.78. The lowest BCUT2D eigenvalue weighted by atomic mass is 10.1. The molecule has 0 aliphatic rings. The predicted molar refractivity (Wildman–Crippen MR) is 72.3 cm³/mol. The summed E-state index contributed by atoms with van der Waals surface area (Å²) in [5.41, 5.74) is -0.499. The van der Waals surface area contributed by atoms with E-state index in [0.29, 0.717) is 5.56 Å². The molecule has 0 heterocycles. The fraction of sp³-hybridized carbons (Fsp3) is 0.0667. The van der Waals surface area contributed by atoms with E-state index < -0.39 is 5.56 Å². The van der Waals surface area contributed by atoms with Gasteiger partial charge in [0, 0.05) is 5.56 Å². The lowest BCUT2D eigenvalue weighted by Crippen LogP contribution is -2.21. The second-order valence-electron chi connectivity index (χ2n) is 3.76. The first-order chi connectivity index (χ1) is 9.22. The second kappa shape index (κ2) is 6.16. The van der Waals surface area contributed by atoms with Crippen molar-refractivity contribution in [2.24, 2.45) is 0 Å². The number of Topliss-reactive ketones (excluding diaryl/α,β-unsaturated/α-hetero) is 1. The number of carbonyl (C=O) groups excluding carboxylic acids is 2. The van der Waals surface area contributed by atoms with Crippen molar-refractivity contribution in [2.45, 2.75) is 5.56 Å². The third kappa shape index (κ3) is 3.20. The van der Waals surface area contributed by atoms with Gasteiger partial charge in [0.25, 0.3) is 0 Å². The van der Waals surface area contributed by atoms with Gasteiger partial charge in [0.2, 0.25) is 17.6 Å². The van der Waals surface area contributed by atoms with E-state index in [0.717, 1.165) is 0 Å². The van der Waals surface area contributed by atoms with Gasteiger partial charge >= 0.3 is 0 Å². The van der Waals surface area contributed by atoms with Gasteiger partial charge in [-0.3, -0.25) is 9.59 Å². The Morgan fingerprint density at radius 1 is 1.05 bits per heavy atom. The van der Waals surface area contributed by atoms with Crippen LogP contribution in [-0.2, 0) is 4.79 Å². The van der Waals surface area contributed by atoms with E-state index in [-0.39, 0.29) is 17.1 Å². The molecule has 2 aromatic carbocycles. The van der Waals surface area contributed by atoms with Crippen molar-refractivity contribution in [3.8, 4) is 5.75 Å².